The third-order valence-electron chi connectivity index (χ3n) is 4.30. The Labute approximate surface area is 172 Å². The fourth-order valence-electron chi connectivity index (χ4n) is 2.80. The molecule has 0 aliphatic rings. The van der Waals surface area contributed by atoms with Gasteiger partial charge in [-0.25, -0.2) is 8.78 Å². The maximum Gasteiger partial charge on any atom is 0.262 e. The second-order valence-electron chi connectivity index (χ2n) is 6.60. The van der Waals surface area contributed by atoms with E-state index in [-0.39, 0.29) is 41.9 Å². The number of rotatable bonds is 7. The van der Waals surface area contributed by atoms with Crippen LogP contribution in [0.3, 0.4) is 0 Å². The summed E-state index contributed by atoms with van der Waals surface area (Å²) < 4.78 is 32.2. The van der Waals surface area contributed by atoms with Crippen molar-refractivity contribution in [3.05, 3.63) is 95.6 Å². The second-order valence-corrected chi connectivity index (χ2v) is 6.60. The Morgan fingerprint density at radius 1 is 0.933 bits per heavy atom. The molecule has 2 amide bonds. The molecule has 1 N–H and O–H groups in total. The van der Waals surface area contributed by atoms with Crippen LogP contribution in [0, 0.1) is 11.6 Å². The summed E-state index contributed by atoms with van der Waals surface area (Å²) in [6, 6.07) is 18.2. The number of para-hydroxylation sites is 2. The zero-order valence-corrected chi connectivity index (χ0v) is 16.3. The summed E-state index contributed by atoms with van der Waals surface area (Å²) in [5.74, 6) is -1.53. The van der Waals surface area contributed by atoms with Crippen LogP contribution in [-0.2, 0) is 11.3 Å². The molecule has 0 aromatic heterocycles. The van der Waals surface area contributed by atoms with Crippen molar-refractivity contribution in [3.8, 4) is 5.75 Å². The summed E-state index contributed by atoms with van der Waals surface area (Å²) in [7, 11) is 1.62. The van der Waals surface area contributed by atoms with Crippen LogP contribution < -0.4 is 10.1 Å². The first-order valence-electron chi connectivity index (χ1n) is 9.20. The molecule has 0 radical (unpaired) electrons. The summed E-state index contributed by atoms with van der Waals surface area (Å²) in [5.41, 5.74) is 1.10. The molecule has 0 unspecified atom stereocenters. The first-order valence-corrected chi connectivity index (χ1v) is 9.20. The predicted molar refractivity (Wildman–Crippen MR) is 109 cm³/mol. The van der Waals surface area contributed by atoms with Crippen LogP contribution in [0.5, 0.6) is 5.75 Å². The lowest BCUT2D eigenvalue weighted by molar-refractivity contribution is -0.118. The summed E-state index contributed by atoms with van der Waals surface area (Å²) in [5, 5.41) is 2.42. The maximum atomic E-state index is 13.6. The topological polar surface area (TPSA) is 58.6 Å². The summed E-state index contributed by atoms with van der Waals surface area (Å²) in [6.45, 7) is -0.110. The van der Waals surface area contributed by atoms with E-state index in [1.165, 1.54) is 35.2 Å². The molecule has 0 aliphatic heterocycles. The molecule has 0 saturated carbocycles. The zero-order valence-electron chi connectivity index (χ0n) is 16.3. The van der Waals surface area contributed by atoms with E-state index in [0.717, 1.165) is 5.56 Å². The smallest absolute Gasteiger partial charge is 0.262 e. The highest BCUT2D eigenvalue weighted by Gasteiger charge is 2.18. The summed E-state index contributed by atoms with van der Waals surface area (Å²) >= 11 is 0. The number of anilines is 1. The number of carbonyl (C=O) groups is 2. The first-order chi connectivity index (χ1) is 14.4. The Morgan fingerprint density at radius 3 is 2.33 bits per heavy atom. The highest BCUT2D eigenvalue weighted by Crippen LogP contribution is 2.21. The van der Waals surface area contributed by atoms with Gasteiger partial charge in [0, 0.05) is 13.6 Å². The number of halogens is 2. The quantitative estimate of drug-likeness (QED) is 0.633. The molecule has 0 bridgehead atoms. The van der Waals surface area contributed by atoms with Crippen LogP contribution in [-0.4, -0.2) is 30.4 Å². The van der Waals surface area contributed by atoms with Crippen LogP contribution in [0.15, 0.2) is 72.8 Å². The van der Waals surface area contributed by atoms with Gasteiger partial charge in [-0.2, -0.15) is 0 Å². The van der Waals surface area contributed by atoms with Gasteiger partial charge in [-0.3, -0.25) is 9.59 Å². The molecule has 154 valence electrons. The lowest BCUT2D eigenvalue weighted by Crippen LogP contribution is -2.27. The predicted octanol–water partition coefficient (Wildman–Crippen LogP) is 4.25. The summed E-state index contributed by atoms with van der Waals surface area (Å²) in [4.78, 5) is 26.4. The number of ether oxygens (including phenoxy) is 1. The van der Waals surface area contributed by atoms with Crippen molar-refractivity contribution in [2.24, 2.45) is 0 Å². The van der Waals surface area contributed by atoms with E-state index < -0.39 is 11.7 Å². The molecule has 0 saturated heterocycles. The number of hydrogen-bond acceptors (Lipinski definition) is 3. The van der Waals surface area contributed by atoms with Gasteiger partial charge in [0.2, 0.25) is 0 Å². The van der Waals surface area contributed by atoms with Crippen molar-refractivity contribution in [3.63, 3.8) is 0 Å². The van der Waals surface area contributed by atoms with Crippen LogP contribution in [0.4, 0.5) is 14.5 Å². The van der Waals surface area contributed by atoms with Crippen molar-refractivity contribution >= 4 is 17.5 Å². The average Bonchev–Trinajstić information content (AvgIpc) is 2.75. The van der Waals surface area contributed by atoms with Gasteiger partial charge in [0.1, 0.15) is 17.4 Å². The van der Waals surface area contributed by atoms with Crippen molar-refractivity contribution in [2.45, 2.75) is 6.54 Å². The molecule has 30 heavy (non-hydrogen) atoms. The molecule has 5 nitrogen and oxygen atoms in total. The van der Waals surface area contributed by atoms with E-state index in [4.69, 9.17) is 4.74 Å². The molecule has 3 aromatic rings. The Hall–Kier alpha value is -3.74. The third-order valence-corrected chi connectivity index (χ3v) is 4.30. The number of benzene rings is 3. The number of nitrogens with zero attached hydrogens (tertiary/aromatic N) is 1. The van der Waals surface area contributed by atoms with Gasteiger partial charge in [-0.15, -0.1) is 0 Å². The van der Waals surface area contributed by atoms with E-state index in [1.807, 2.05) is 0 Å². The Bertz CT molecular complexity index is 1040. The molecule has 0 atom stereocenters. The number of carbonyl (C=O) groups excluding carboxylic acids is 2. The minimum absolute atomic E-state index is 0.0505. The number of amides is 2. The van der Waals surface area contributed by atoms with E-state index >= 15 is 0 Å². The van der Waals surface area contributed by atoms with Crippen LogP contribution in [0.2, 0.25) is 0 Å². The van der Waals surface area contributed by atoms with Crippen molar-refractivity contribution in [2.75, 3.05) is 19.0 Å². The normalized spacial score (nSPS) is 10.4. The Balaban J connectivity index is 1.64. The van der Waals surface area contributed by atoms with Gasteiger partial charge >= 0.3 is 0 Å². The highest BCUT2D eigenvalue weighted by atomic mass is 19.1. The second kappa shape index (κ2) is 9.65. The SMILES string of the molecule is CN(Cc1ccc(F)cc1)C(=O)c1ccccc1OCC(=O)Nc1ccccc1F. The van der Waals surface area contributed by atoms with Crippen LogP contribution in [0.1, 0.15) is 15.9 Å². The molecule has 3 aromatic carbocycles. The highest BCUT2D eigenvalue weighted by molar-refractivity contribution is 5.97. The standard InChI is InChI=1S/C23H20F2N2O3/c1-27(14-16-10-12-17(24)13-11-16)23(29)18-6-2-5-9-21(18)30-15-22(28)26-20-8-4-3-7-19(20)25/h2-13H,14-15H2,1H3,(H,26,28). The maximum absolute atomic E-state index is 13.6. The van der Waals surface area contributed by atoms with Crippen molar-refractivity contribution in [1.29, 1.82) is 0 Å². The van der Waals surface area contributed by atoms with Crippen LogP contribution >= 0.6 is 0 Å². The molecule has 0 spiro atoms. The van der Waals surface area contributed by atoms with E-state index in [0.29, 0.717) is 0 Å². The Morgan fingerprint density at radius 2 is 1.60 bits per heavy atom. The molecular weight excluding hydrogens is 390 g/mol. The monoisotopic (exact) mass is 410 g/mol. The Kier molecular flexibility index (Phi) is 6.75. The van der Waals surface area contributed by atoms with Crippen molar-refractivity contribution < 1.29 is 23.1 Å². The minimum Gasteiger partial charge on any atom is -0.483 e. The average molecular weight is 410 g/mol. The van der Waals surface area contributed by atoms with Gasteiger partial charge in [0.25, 0.3) is 11.8 Å². The van der Waals surface area contributed by atoms with Crippen LogP contribution in [0.25, 0.3) is 0 Å². The number of hydrogen-bond donors (Lipinski definition) is 1. The molecule has 0 heterocycles. The molecular formula is C23H20F2N2O3. The molecule has 0 aliphatic carbocycles. The van der Waals surface area contributed by atoms with Gasteiger partial charge in [0.15, 0.2) is 6.61 Å². The molecule has 7 heteroatoms. The van der Waals surface area contributed by atoms with Crippen molar-refractivity contribution in [1.82, 2.24) is 4.90 Å². The molecule has 0 fully saturated rings. The fourth-order valence-corrected chi connectivity index (χ4v) is 2.80. The van der Waals surface area contributed by atoms with Gasteiger partial charge < -0.3 is 15.0 Å². The van der Waals surface area contributed by atoms with E-state index in [9.17, 15) is 18.4 Å². The van der Waals surface area contributed by atoms with Gasteiger partial charge in [0.05, 0.1) is 11.3 Å². The third kappa shape index (κ3) is 5.41. The summed E-state index contributed by atoms with van der Waals surface area (Å²) in [6.07, 6.45) is 0. The van der Waals surface area contributed by atoms with Gasteiger partial charge in [-0.1, -0.05) is 36.4 Å². The lowest BCUT2D eigenvalue weighted by Gasteiger charge is -2.19. The van der Waals surface area contributed by atoms with Gasteiger partial charge in [-0.05, 0) is 42.0 Å². The molecule has 3 rings (SSSR count). The first kappa shape index (κ1) is 21.0. The fraction of sp³-hybridized carbons (Fsp3) is 0.130. The largest absolute Gasteiger partial charge is 0.483 e. The zero-order chi connectivity index (χ0) is 21.5. The minimum atomic E-state index is -0.554. The van der Waals surface area contributed by atoms with E-state index in [1.54, 1.807) is 49.5 Å². The lowest BCUT2D eigenvalue weighted by atomic mass is 10.1. The van der Waals surface area contributed by atoms with E-state index in [2.05, 4.69) is 5.32 Å². The number of nitrogens with one attached hydrogen (secondary N) is 1.